The third-order valence-electron chi connectivity index (χ3n) is 2.30. The smallest absolute Gasteiger partial charge is 0.358 e. The predicted molar refractivity (Wildman–Crippen MR) is 84.5 cm³/mol. The highest BCUT2D eigenvalue weighted by atomic mass is 32.1. The van der Waals surface area contributed by atoms with E-state index in [0.29, 0.717) is 13.2 Å². The van der Waals surface area contributed by atoms with E-state index in [2.05, 4.69) is 10.4 Å². The molecule has 0 spiro atoms. The van der Waals surface area contributed by atoms with Crippen molar-refractivity contribution in [2.24, 2.45) is 0 Å². The number of thiocarbonyl (C=S) groups is 1. The molecule has 0 aliphatic heterocycles. The van der Waals surface area contributed by atoms with E-state index in [-0.39, 0.29) is 11.7 Å². The van der Waals surface area contributed by atoms with Gasteiger partial charge in [-0.25, -0.2) is 4.57 Å². The summed E-state index contributed by atoms with van der Waals surface area (Å²) in [5.74, 6) is 0. The van der Waals surface area contributed by atoms with Gasteiger partial charge in [0, 0.05) is 6.54 Å². The van der Waals surface area contributed by atoms with Gasteiger partial charge in [-0.2, -0.15) is 0 Å². The fraction of sp³-hybridized carbons (Fsp3) is 0.462. The molecule has 0 fully saturated rings. The minimum absolute atomic E-state index is 0.252. The molecule has 1 unspecified atom stereocenters. The van der Waals surface area contributed by atoms with Gasteiger partial charge < -0.3 is 5.32 Å². The van der Waals surface area contributed by atoms with Gasteiger partial charge in [0.1, 0.15) is 0 Å². The van der Waals surface area contributed by atoms with Crippen molar-refractivity contribution in [2.75, 3.05) is 13.2 Å². The summed E-state index contributed by atoms with van der Waals surface area (Å²) < 4.78 is 22.7. The highest BCUT2D eigenvalue weighted by Crippen LogP contribution is 2.43. The van der Waals surface area contributed by atoms with Crippen LogP contribution in [0.5, 0.6) is 0 Å². The Morgan fingerprint density at radius 3 is 2.55 bits per heavy atom. The van der Waals surface area contributed by atoms with Gasteiger partial charge >= 0.3 is 7.75 Å². The Kier molecular flexibility index (Phi) is 7.77. The molecule has 20 heavy (non-hydrogen) atoms. The van der Waals surface area contributed by atoms with Crippen LogP contribution in [0.4, 0.5) is 0 Å². The van der Waals surface area contributed by atoms with Gasteiger partial charge in [0.05, 0.1) is 13.2 Å². The van der Waals surface area contributed by atoms with E-state index in [1.165, 1.54) is 0 Å². The Bertz CT molecular complexity index is 456. The van der Waals surface area contributed by atoms with Crippen molar-refractivity contribution in [3.05, 3.63) is 35.9 Å². The first-order valence-corrected chi connectivity index (χ1v) is 8.54. The van der Waals surface area contributed by atoms with E-state index in [1.54, 1.807) is 6.92 Å². The molecule has 1 rings (SSSR count). The Balaban J connectivity index is 2.47. The zero-order chi connectivity index (χ0) is 14.8. The summed E-state index contributed by atoms with van der Waals surface area (Å²) in [6, 6.07) is 9.80. The van der Waals surface area contributed by atoms with Gasteiger partial charge in [-0.05, 0) is 31.1 Å². The molecule has 0 amide bonds. The normalized spacial score (nSPS) is 13.5. The van der Waals surface area contributed by atoms with Gasteiger partial charge in [0.25, 0.3) is 0 Å². The molecule has 0 aliphatic carbocycles. The van der Waals surface area contributed by atoms with Crippen LogP contribution < -0.4 is 10.4 Å². The molecule has 0 aromatic heterocycles. The highest BCUT2D eigenvalue weighted by Gasteiger charge is 2.24. The van der Waals surface area contributed by atoms with Crippen LogP contribution in [-0.2, 0) is 20.2 Å². The molecule has 112 valence electrons. The second-order valence-corrected chi connectivity index (χ2v) is 6.17. The summed E-state index contributed by atoms with van der Waals surface area (Å²) in [6.45, 7) is 4.87. The van der Waals surface area contributed by atoms with Crippen LogP contribution in [0.15, 0.2) is 30.3 Å². The minimum Gasteiger partial charge on any atom is -0.358 e. The molecule has 0 radical (unpaired) electrons. The SMILES string of the molecule is CCCOP(=O)(NC(=S)NCc1ccccc1)OCC. The van der Waals surface area contributed by atoms with Gasteiger partial charge in [-0.15, -0.1) is 0 Å². The standard InChI is InChI=1S/C13H21N2O3PS/c1-3-10-18-19(16,17-4-2)15-13(20)14-11-12-8-6-5-7-9-12/h5-9H,3-4,10-11H2,1-2H3,(H2,14,15,16,20). The molecule has 0 saturated heterocycles. The second-order valence-electron chi connectivity index (χ2n) is 4.03. The quantitative estimate of drug-likeness (QED) is 0.567. The third-order valence-corrected chi connectivity index (χ3v) is 4.31. The first kappa shape index (κ1) is 17.1. The van der Waals surface area contributed by atoms with Crippen molar-refractivity contribution >= 4 is 25.1 Å². The first-order valence-electron chi connectivity index (χ1n) is 6.58. The van der Waals surface area contributed by atoms with Crippen LogP contribution in [0.3, 0.4) is 0 Å². The van der Waals surface area contributed by atoms with Gasteiger partial charge in [0.15, 0.2) is 5.11 Å². The molecule has 0 aliphatic rings. The van der Waals surface area contributed by atoms with Crippen molar-refractivity contribution in [1.82, 2.24) is 10.4 Å². The number of hydrogen-bond acceptors (Lipinski definition) is 4. The first-order chi connectivity index (χ1) is 9.59. The lowest BCUT2D eigenvalue weighted by Crippen LogP contribution is -2.33. The lowest BCUT2D eigenvalue weighted by molar-refractivity contribution is 0.208. The van der Waals surface area contributed by atoms with Gasteiger partial charge in [-0.3, -0.25) is 14.1 Å². The molecule has 1 aromatic rings. The monoisotopic (exact) mass is 316 g/mol. The molecule has 0 bridgehead atoms. The fourth-order valence-corrected chi connectivity index (χ4v) is 3.13. The van der Waals surface area contributed by atoms with E-state index >= 15 is 0 Å². The lowest BCUT2D eigenvalue weighted by atomic mass is 10.2. The number of hydrogen-bond donors (Lipinski definition) is 2. The van der Waals surface area contributed by atoms with Crippen LogP contribution in [0, 0.1) is 0 Å². The Hall–Kier alpha value is -0.940. The maximum absolute atomic E-state index is 12.3. The fourth-order valence-electron chi connectivity index (χ4n) is 1.43. The Labute approximate surface area is 125 Å². The lowest BCUT2D eigenvalue weighted by Gasteiger charge is -2.20. The Morgan fingerprint density at radius 2 is 1.95 bits per heavy atom. The largest absolute Gasteiger partial charge is 0.434 e. The molecule has 7 heteroatoms. The van der Waals surface area contributed by atoms with Crippen LogP contribution in [0.25, 0.3) is 0 Å². The molecule has 2 N–H and O–H groups in total. The summed E-state index contributed by atoms with van der Waals surface area (Å²) in [6.07, 6.45) is 0.753. The van der Waals surface area contributed by atoms with Crippen LogP contribution in [-0.4, -0.2) is 18.3 Å². The molecular weight excluding hydrogens is 295 g/mol. The number of nitrogens with one attached hydrogen (secondary N) is 2. The van der Waals surface area contributed by atoms with Crippen molar-refractivity contribution < 1.29 is 13.6 Å². The zero-order valence-electron chi connectivity index (χ0n) is 11.8. The van der Waals surface area contributed by atoms with E-state index < -0.39 is 7.75 Å². The maximum Gasteiger partial charge on any atom is 0.434 e. The van der Waals surface area contributed by atoms with Crippen molar-refractivity contribution in [3.8, 4) is 0 Å². The molecule has 0 heterocycles. The predicted octanol–water partition coefficient (Wildman–Crippen LogP) is 3.22. The third kappa shape index (κ3) is 6.48. The van der Waals surface area contributed by atoms with E-state index in [1.807, 2.05) is 37.3 Å². The van der Waals surface area contributed by atoms with Crippen LogP contribution >= 0.6 is 20.0 Å². The maximum atomic E-state index is 12.3. The summed E-state index contributed by atoms with van der Waals surface area (Å²) >= 11 is 5.11. The average molecular weight is 316 g/mol. The molecule has 0 saturated carbocycles. The highest BCUT2D eigenvalue weighted by molar-refractivity contribution is 7.81. The summed E-state index contributed by atoms with van der Waals surface area (Å²) in [5, 5.41) is 5.86. The van der Waals surface area contributed by atoms with Crippen LogP contribution in [0.1, 0.15) is 25.8 Å². The molecule has 1 atom stereocenters. The molecule has 1 aromatic carbocycles. The Morgan fingerprint density at radius 1 is 1.25 bits per heavy atom. The second kappa shape index (κ2) is 9.08. The molecule has 5 nitrogen and oxygen atoms in total. The minimum atomic E-state index is -3.37. The van der Waals surface area contributed by atoms with E-state index in [4.69, 9.17) is 21.3 Å². The van der Waals surface area contributed by atoms with Gasteiger partial charge in [-0.1, -0.05) is 37.3 Å². The average Bonchev–Trinajstić information content (AvgIpc) is 2.44. The number of benzene rings is 1. The summed E-state index contributed by atoms with van der Waals surface area (Å²) in [5.41, 5.74) is 1.08. The summed E-state index contributed by atoms with van der Waals surface area (Å²) in [7, 11) is -3.37. The van der Waals surface area contributed by atoms with Crippen molar-refractivity contribution in [2.45, 2.75) is 26.8 Å². The van der Waals surface area contributed by atoms with Gasteiger partial charge in [0.2, 0.25) is 0 Å². The van der Waals surface area contributed by atoms with Crippen molar-refractivity contribution in [1.29, 1.82) is 0 Å². The van der Waals surface area contributed by atoms with E-state index in [0.717, 1.165) is 12.0 Å². The number of rotatable bonds is 8. The topological polar surface area (TPSA) is 59.6 Å². The van der Waals surface area contributed by atoms with E-state index in [9.17, 15) is 4.57 Å². The summed E-state index contributed by atoms with van der Waals surface area (Å²) in [4.78, 5) is 0. The van der Waals surface area contributed by atoms with Crippen molar-refractivity contribution in [3.63, 3.8) is 0 Å². The zero-order valence-corrected chi connectivity index (χ0v) is 13.5. The van der Waals surface area contributed by atoms with Crippen LogP contribution in [0.2, 0.25) is 0 Å². The molecular formula is C13H21N2O3PS.